The summed E-state index contributed by atoms with van der Waals surface area (Å²) in [7, 11) is 0. The summed E-state index contributed by atoms with van der Waals surface area (Å²) in [4.78, 5) is 17.2. The maximum atomic E-state index is 11.1. The molecule has 0 aromatic carbocycles. The molecule has 19 heavy (non-hydrogen) atoms. The van der Waals surface area contributed by atoms with Crippen LogP contribution in [0, 0.1) is 0 Å². The van der Waals surface area contributed by atoms with E-state index in [4.69, 9.17) is 10.8 Å². The quantitative estimate of drug-likeness (QED) is 0.740. The first-order valence-corrected chi connectivity index (χ1v) is 6.35. The first-order valence-electron chi connectivity index (χ1n) is 6.35. The van der Waals surface area contributed by atoms with E-state index in [1.54, 1.807) is 0 Å². The Morgan fingerprint density at radius 3 is 2.89 bits per heavy atom. The lowest BCUT2D eigenvalue weighted by molar-refractivity contribution is 0.0481. The number of carboxylic acid groups (broad SMARTS) is 1. The molecule has 1 fully saturated rings. The Labute approximate surface area is 111 Å². The van der Waals surface area contributed by atoms with Gasteiger partial charge in [-0.05, 0) is 32.3 Å². The van der Waals surface area contributed by atoms with Gasteiger partial charge in [0, 0.05) is 13.1 Å². The van der Waals surface area contributed by atoms with Crippen molar-refractivity contribution in [2.75, 3.05) is 23.7 Å². The zero-order valence-corrected chi connectivity index (χ0v) is 11.0. The molecule has 0 aliphatic carbocycles. The van der Waals surface area contributed by atoms with Crippen LogP contribution in [0.2, 0.25) is 0 Å². The Hall–Kier alpha value is -1.82. The summed E-state index contributed by atoms with van der Waals surface area (Å²) in [6.07, 6.45) is 3.61. The number of aromatic nitrogens is 1. The van der Waals surface area contributed by atoms with Gasteiger partial charge in [0.25, 0.3) is 0 Å². The molecule has 0 spiro atoms. The van der Waals surface area contributed by atoms with Crippen molar-refractivity contribution in [2.45, 2.75) is 31.8 Å². The number of nitrogens with two attached hydrogens (primary N) is 1. The standard InChI is InChI=1S/C13H19N3O3/c1-13(19)3-2-5-16(6-4-13)11-7-9(12(17)18)10(14)8-15-11/h7-8,19H,2-6,14H2,1H3,(H,17,18). The van der Waals surface area contributed by atoms with Crippen LogP contribution < -0.4 is 10.6 Å². The Morgan fingerprint density at radius 1 is 1.47 bits per heavy atom. The highest BCUT2D eigenvalue weighted by molar-refractivity contribution is 5.94. The molecule has 104 valence electrons. The lowest BCUT2D eigenvalue weighted by Gasteiger charge is -2.23. The highest BCUT2D eigenvalue weighted by Crippen LogP contribution is 2.25. The van der Waals surface area contributed by atoms with E-state index in [9.17, 15) is 9.90 Å². The number of carbonyl (C=O) groups is 1. The molecule has 0 radical (unpaired) electrons. The summed E-state index contributed by atoms with van der Waals surface area (Å²) in [5.41, 5.74) is 5.17. The molecule has 1 aliphatic heterocycles. The topological polar surface area (TPSA) is 99.7 Å². The Kier molecular flexibility index (Phi) is 3.61. The van der Waals surface area contributed by atoms with Gasteiger partial charge < -0.3 is 20.8 Å². The number of aliphatic hydroxyl groups is 1. The monoisotopic (exact) mass is 265 g/mol. The second-order valence-corrected chi connectivity index (χ2v) is 5.27. The van der Waals surface area contributed by atoms with Gasteiger partial charge in [-0.25, -0.2) is 9.78 Å². The van der Waals surface area contributed by atoms with Gasteiger partial charge in [0.05, 0.1) is 23.0 Å². The summed E-state index contributed by atoms with van der Waals surface area (Å²) in [5, 5.41) is 19.1. The lowest BCUT2D eigenvalue weighted by atomic mass is 9.98. The summed E-state index contributed by atoms with van der Waals surface area (Å²) in [5.74, 6) is -0.452. The van der Waals surface area contributed by atoms with E-state index in [2.05, 4.69) is 4.98 Å². The molecule has 0 bridgehead atoms. The molecule has 0 amide bonds. The van der Waals surface area contributed by atoms with Crippen LogP contribution in [-0.2, 0) is 0 Å². The average molecular weight is 265 g/mol. The Balaban J connectivity index is 2.22. The van der Waals surface area contributed by atoms with Crippen molar-refractivity contribution in [1.29, 1.82) is 0 Å². The molecule has 6 nitrogen and oxygen atoms in total. The second kappa shape index (κ2) is 5.05. The van der Waals surface area contributed by atoms with Crippen LogP contribution in [0.3, 0.4) is 0 Å². The second-order valence-electron chi connectivity index (χ2n) is 5.27. The molecule has 1 aliphatic rings. The maximum Gasteiger partial charge on any atom is 0.337 e. The zero-order valence-electron chi connectivity index (χ0n) is 11.0. The summed E-state index contributed by atoms with van der Waals surface area (Å²) in [6.45, 7) is 3.24. The minimum atomic E-state index is -1.05. The summed E-state index contributed by atoms with van der Waals surface area (Å²) >= 11 is 0. The van der Waals surface area contributed by atoms with E-state index in [1.165, 1.54) is 12.3 Å². The van der Waals surface area contributed by atoms with Crippen molar-refractivity contribution in [3.8, 4) is 0 Å². The fourth-order valence-electron chi connectivity index (χ4n) is 2.31. The first-order chi connectivity index (χ1) is 8.89. The van der Waals surface area contributed by atoms with Crippen molar-refractivity contribution in [1.82, 2.24) is 4.98 Å². The van der Waals surface area contributed by atoms with E-state index in [1.807, 2.05) is 11.8 Å². The third-order valence-corrected chi connectivity index (χ3v) is 3.54. The van der Waals surface area contributed by atoms with Crippen LogP contribution >= 0.6 is 0 Å². The summed E-state index contributed by atoms with van der Waals surface area (Å²) < 4.78 is 0. The molecule has 6 heteroatoms. The van der Waals surface area contributed by atoms with E-state index in [0.29, 0.717) is 18.8 Å². The van der Waals surface area contributed by atoms with Crippen LogP contribution in [0.15, 0.2) is 12.3 Å². The number of hydrogen-bond donors (Lipinski definition) is 3. The van der Waals surface area contributed by atoms with Crippen LogP contribution in [0.4, 0.5) is 11.5 Å². The fourth-order valence-corrected chi connectivity index (χ4v) is 2.31. The van der Waals surface area contributed by atoms with Gasteiger partial charge in [0.1, 0.15) is 5.82 Å². The SMILES string of the molecule is CC1(O)CCCN(c2cc(C(=O)O)c(N)cn2)CC1. The van der Waals surface area contributed by atoms with Crippen LogP contribution in [-0.4, -0.2) is 39.9 Å². The fraction of sp³-hybridized carbons (Fsp3) is 0.538. The largest absolute Gasteiger partial charge is 0.478 e. The van der Waals surface area contributed by atoms with Gasteiger partial charge >= 0.3 is 5.97 Å². The molecule has 1 atom stereocenters. The normalized spacial score (nSPS) is 24.0. The predicted molar refractivity (Wildman–Crippen MR) is 72.3 cm³/mol. The highest BCUT2D eigenvalue weighted by atomic mass is 16.4. The van der Waals surface area contributed by atoms with Gasteiger partial charge in [0.2, 0.25) is 0 Å². The van der Waals surface area contributed by atoms with E-state index in [0.717, 1.165) is 19.4 Å². The van der Waals surface area contributed by atoms with Crippen molar-refractivity contribution >= 4 is 17.5 Å². The minimum Gasteiger partial charge on any atom is -0.478 e. The number of aromatic carboxylic acids is 1. The molecule has 1 saturated heterocycles. The first kappa shape index (κ1) is 13.6. The van der Waals surface area contributed by atoms with Crippen LogP contribution in [0.25, 0.3) is 0 Å². The molecular weight excluding hydrogens is 246 g/mol. The highest BCUT2D eigenvalue weighted by Gasteiger charge is 2.25. The molecule has 1 aromatic rings. The Bertz CT molecular complexity index is 488. The van der Waals surface area contributed by atoms with Crippen molar-refractivity contribution < 1.29 is 15.0 Å². The van der Waals surface area contributed by atoms with Crippen LogP contribution in [0.1, 0.15) is 36.5 Å². The third-order valence-electron chi connectivity index (χ3n) is 3.54. The number of hydrogen-bond acceptors (Lipinski definition) is 5. The zero-order chi connectivity index (χ0) is 14.0. The predicted octanol–water partition coefficient (Wildman–Crippen LogP) is 1.10. The molecule has 2 heterocycles. The molecular formula is C13H19N3O3. The smallest absolute Gasteiger partial charge is 0.337 e. The lowest BCUT2D eigenvalue weighted by Crippen LogP contribution is -2.29. The molecule has 2 rings (SSSR count). The molecule has 1 unspecified atom stereocenters. The van der Waals surface area contributed by atoms with Gasteiger partial charge in [-0.1, -0.05) is 0 Å². The van der Waals surface area contributed by atoms with E-state index >= 15 is 0 Å². The van der Waals surface area contributed by atoms with Crippen molar-refractivity contribution in [3.63, 3.8) is 0 Å². The number of nitrogens with zero attached hydrogens (tertiary/aromatic N) is 2. The van der Waals surface area contributed by atoms with Crippen molar-refractivity contribution in [3.05, 3.63) is 17.8 Å². The summed E-state index contributed by atoms with van der Waals surface area (Å²) in [6, 6.07) is 1.50. The van der Waals surface area contributed by atoms with Gasteiger partial charge in [-0.3, -0.25) is 0 Å². The number of anilines is 2. The van der Waals surface area contributed by atoms with Crippen molar-refractivity contribution in [2.24, 2.45) is 0 Å². The maximum absolute atomic E-state index is 11.1. The Morgan fingerprint density at radius 2 is 2.21 bits per heavy atom. The molecule has 0 saturated carbocycles. The molecule has 4 N–H and O–H groups in total. The molecule has 1 aromatic heterocycles. The number of pyridine rings is 1. The van der Waals surface area contributed by atoms with E-state index < -0.39 is 11.6 Å². The van der Waals surface area contributed by atoms with Gasteiger partial charge in [-0.2, -0.15) is 0 Å². The number of rotatable bonds is 2. The van der Waals surface area contributed by atoms with Gasteiger partial charge in [-0.15, -0.1) is 0 Å². The average Bonchev–Trinajstić information content (AvgIpc) is 2.51. The third kappa shape index (κ3) is 3.14. The van der Waals surface area contributed by atoms with Gasteiger partial charge in [0.15, 0.2) is 0 Å². The minimum absolute atomic E-state index is 0.0704. The number of nitrogen functional groups attached to an aromatic ring is 1. The van der Waals surface area contributed by atoms with E-state index in [-0.39, 0.29) is 11.3 Å². The number of carboxylic acids is 1. The van der Waals surface area contributed by atoms with Crippen LogP contribution in [0.5, 0.6) is 0 Å².